The number of hydrogen-bond donors (Lipinski definition) is 1. The molecule has 2 aromatic heterocycles. The van der Waals surface area contributed by atoms with Crippen molar-refractivity contribution in [3.05, 3.63) is 29.3 Å². The molecule has 2 aromatic rings. The van der Waals surface area contributed by atoms with E-state index in [0.29, 0.717) is 24.2 Å². The lowest BCUT2D eigenvalue weighted by molar-refractivity contribution is 0.0320. The fourth-order valence-corrected chi connectivity index (χ4v) is 3.49. The van der Waals surface area contributed by atoms with E-state index in [4.69, 9.17) is 18.9 Å². The van der Waals surface area contributed by atoms with Gasteiger partial charge in [-0.15, -0.1) is 0 Å². The quantitative estimate of drug-likeness (QED) is 0.298. The molecule has 0 aliphatic carbocycles. The van der Waals surface area contributed by atoms with Crippen LogP contribution < -0.4 is 15.1 Å². The van der Waals surface area contributed by atoms with Crippen LogP contribution in [0.15, 0.2) is 21.7 Å². The van der Waals surface area contributed by atoms with Gasteiger partial charge in [-0.3, -0.25) is 4.90 Å². The van der Waals surface area contributed by atoms with Crippen molar-refractivity contribution in [1.29, 1.82) is 0 Å². The molecule has 1 fully saturated rings. The number of aromatic nitrogens is 2. The summed E-state index contributed by atoms with van der Waals surface area (Å²) in [5, 5.41) is 4.26. The number of hydrazone groups is 1. The van der Waals surface area contributed by atoms with E-state index in [0.717, 1.165) is 75.9 Å². The fraction of sp³-hybridized carbons (Fsp3) is 0.667. The average Bonchev–Trinajstić information content (AvgIpc) is 3.23. The van der Waals surface area contributed by atoms with Crippen molar-refractivity contribution in [3.63, 3.8) is 0 Å². The standard InChI is InChI=1S/C23H36N6O3.2C2H6/c1-5-7-29(8-6-2)21-16-22(31-14-11-28-9-12-30-13-10-28)26-20(25-21)17-24-27-23-15-18(3)19(4)32-23;2*1-2/h15-17,27H,5-14H2,1-4H3;2*1-2H3/b24-17+;;. The van der Waals surface area contributed by atoms with Crippen LogP contribution in [0.5, 0.6) is 5.88 Å². The lowest BCUT2D eigenvalue weighted by atomic mass is 10.3. The van der Waals surface area contributed by atoms with Crippen molar-refractivity contribution in [1.82, 2.24) is 14.9 Å². The molecule has 9 nitrogen and oxygen atoms in total. The molecule has 0 aromatic carbocycles. The predicted molar refractivity (Wildman–Crippen MR) is 150 cm³/mol. The number of hydrogen-bond acceptors (Lipinski definition) is 9. The molecule has 0 spiro atoms. The van der Waals surface area contributed by atoms with Gasteiger partial charge in [-0.25, -0.2) is 10.4 Å². The van der Waals surface area contributed by atoms with E-state index in [1.165, 1.54) is 0 Å². The predicted octanol–water partition coefficient (Wildman–Crippen LogP) is 5.52. The van der Waals surface area contributed by atoms with Gasteiger partial charge in [0.1, 0.15) is 18.2 Å². The summed E-state index contributed by atoms with van der Waals surface area (Å²) in [6.45, 7) is 23.0. The molecule has 1 N–H and O–H groups in total. The van der Waals surface area contributed by atoms with E-state index in [2.05, 4.69) is 39.2 Å². The minimum atomic E-state index is 0.494. The van der Waals surface area contributed by atoms with Crippen LogP contribution in [-0.4, -0.2) is 73.6 Å². The van der Waals surface area contributed by atoms with Crippen molar-refractivity contribution < 1.29 is 13.9 Å². The van der Waals surface area contributed by atoms with Crippen LogP contribution in [0, 0.1) is 13.8 Å². The molecule has 204 valence electrons. The molecule has 0 atom stereocenters. The molecular formula is C27H48N6O3. The Balaban J connectivity index is 0.00000154. The van der Waals surface area contributed by atoms with Crippen molar-refractivity contribution in [2.45, 2.75) is 68.2 Å². The third kappa shape index (κ3) is 11.0. The van der Waals surface area contributed by atoms with Gasteiger partial charge in [0, 0.05) is 44.9 Å². The van der Waals surface area contributed by atoms with E-state index in [9.17, 15) is 0 Å². The second kappa shape index (κ2) is 18.6. The molecule has 0 bridgehead atoms. The maximum atomic E-state index is 6.02. The molecule has 0 amide bonds. The Morgan fingerprint density at radius 1 is 1.06 bits per heavy atom. The van der Waals surface area contributed by atoms with Gasteiger partial charge >= 0.3 is 0 Å². The smallest absolute Gasteiger partial charge is 0.219 e. The second-order valence-corrected chi connectivity index (χ2v) is 7.93. The maximum Gasteiger partial charge on any atom is 0.219 e. The van der Waals surface area contributed by atoms with E-state index in [-0.39, 0.29) is 0 Å². The van der Waals surface area contributed by atoms with E-state index < -0.39 is 0 Å². The van der Waals surface area contributed by atoms with Crippen molar-refractivity contribution in [3.8, 4) is 5.88 Å². The van der Waals surface area contributed by atoms with Gasteiger partial charge in [0.15, 0.2) is 5.82 Å². The molecule has 0 saturated carbocycles. The first kappa shape index (κ1) is 31.4. The summed E-state index contributed by atoms with van der Waals surface area (Å²) < 4.78 is 17.0. The van der Waals surface area contributed by atoms with Crippen molar-refractivity contribution in [2.75, 3.05) is 62.9 Å². The highest BCUT2D eigenvalue weighted by Gasteiger charge is 2.13. The number of nitrogens with one attached hydrogen (secondary N) is 1. The highest BCUT2D eigenvalue weighted by Crippen LogP contribution is 2.19. The minimum Gasteiger partial charge on any atom is -0.476 e. The zero-order valence-electron chi connectivity index (χ0n) is 23.8. The highest BCUT2D eigenvalue weighted by atomic mass is 16.5. The number of rotatable bonds is 12. The van der Waals surface area contributed by atoms with Crippen LogP contribution in [0.4, 0.5) is 11.7 Å². The van der Waals surface area contributed by atoms with Crippen LogP contribution >= 0.6 is 0 Å². The zero-order valence-corrected chi connectivity index (χ0v) is 23.8. The minimum absolute atomic E-state index is 0.494. The number of anilines is 2. The third-order valence-corrected chi connectivity index (χ3v) is 5.30. The molecule has 1 saturated heterocycles. The van der Waals surface area contributed by atoms with Gasteiger partial charge in [-0.2, -0.15) is 10.1 Å². The van der Waals surface area contributed by atoms with E-state index in [1.54, 1.807) is 6.21 Å². The zero-order chi connectivity index (χ0) is 26.8. The number of aryl methyl sites for hydroxylation is 2. The normalized spacial score (nSPS) is 13.4. The number of nitrogens with zero attached hydrogens (tertiary/aromatic N) is 5. The van der Waals surface area contributed by atoms with Gasteiger partial charge < -0.3 is 18.8 Å². The fourth-order valence-electron chi connectivity index (χ4n) is 3.49. The van der Waals surface area contributed by atoms with Crippen LogP contribution in [-0.2, 0) is 4.74 Å². The second-order valence-electron chi connectivity index (χ2n) is 7.93. The summed E-state index contributed by atoms with van der Waals surface area (Å²) >= 11 is 0. The molecule has 36 heavy (non-hydrogen) atoms. The SMILES string of the molecule is CC.CC.CCCN(CCC)c1cc(OCCN2CCOCC2)nc(/C=N/Nc2cc(C)c(C)o2)n1. The molecule has 9 heteroatoms. The summed E-state index contributed by atoms with van der Waals surface area (Å²) in [6.07, 6.45) is 3.68. The first-order valence-corrected chi connectivity index (χ1v) is 13.5. The maximum absolute atomic E-state index is 6.02. The highest BCUT2D eigenvalue weighted by molar-refractivity contribution is 5.76. The van der Waals surface area contributed by atoms with Gasteiger partial charge in [-0.05, 0) is 32.3 Å². The van der Waals surface area contributed by atoms with E-state index in [1.807, 2.05) is 53.7 Å². The molecule has 0 unspecified atom stereocenters. The Morgan fingerprint density at radius 2 is 1.72 bits per heavy atom. The largest absolute Gasteiger partial charge is 0.476 e. The van der Waals surface area contributed by atoms with Gasteiger partial charge in [0.2, 0.25) is 11.8 Å². The molecule has 3 heterocycles. The summed E-state index contributed by atoms with van der Waals surface area (Å²) in [6, 6.07) is 3.84. The van der Waals surface area contributed by atoms with Gasteiger partial charge in [0.25, 0.3) is 0 Å². The van der Waals surface area contributed by atoms with Gasteiger partial charge in [0.05, 0.1) is 19.4 Å². The summed E-state index contributed by atoms with van der Waals surface area (Å²) in [4.78, 5) is 13.9. The monoisotopic (exact) mass is 504 g/mol. The topological polar surface area (TPSA) is 88.2 Å². The number of furan rings is 1. The summed E-state index contributed by atoms with van der Waals surface area (Å²) in [5.74, 6) is 3.37. The van der Waals surface area contributed by atoms with Crippen LogP contribution in [0.3, 0.4) is 0 Å². The van der Waals surface area contributed by atoms with Crippen molar-refractivity contribution in [2.24, 2.45) is 5.10 Å². The summed E-state index contributed by atoms with van der Waals surface area (Å²) in [5.41, 5.74) is 3.98. The Kier molecular flexibility index (Phi) is 16.2. The third-order valence-electron chi connectivity index (χ3n) is 5.30. The van der Waals surface area contributed by atoms with Crippen LogP contribution in [0.1, 0.15) is 71.5 Å². The Hall–Kier alpha value is -2.65. The lowest BCUT2D eigenvalue weighted by Crippen LogP contribution is -2.38. The van der Waals surface area contributed by atoms with E-state index >= 15 is 0 Å². The number of ether oxygens (including phenoxy) is 2. The molecular weight excluding hydrogens is 456 g/mol. The van der Waals surface area contributed by atoms with Gasteiger partial charge in [-0.1, -0.05) is 41.5 Å². The van der Waals surface area contributed by atoms with Crippen molar-refractivity contribution >= 4 is 17.9 Å². The number of morpholine rings is 1. The Bertz CT molecular complexity index is 840. The Morgan fingerprint density at radius 3 is 2.31 bits per heavy atom. The average molecular weight is 505 g/mol. The summed E-state index contributed by atoms with van der Waals surface area (Å²) in [7, 11) is 0. The van der Waals surface area contributed by atoms with Crippen LogP contribution in [0.25, 0.3) is 0 Å². The Labute approximate surface area is 218 Å². The molecule has 0 radical (unpaired) electrons. The molecule has 3 rings (SSSR count). The molecule has 1 aliphatic rings. The molecule has 1 aliphatic heterocycles. The first-order chi connectivity index (χ1) is 17.6. The lowest BCUT2D eigenvalue weighted by Gasteiger charge is -2.26. The van der Waals surface area contributed by atoms with Crippen LogP contribution in [0.2, 0.25) is 0 Å². The first-order valence-electron chi connectivity index (χ1n) is 13.5.